The first-order valence-corrected chi connectivity index (χ1v) is 9.99. The predicted molar refractivity (Wildman–Crippen MR) is 105 cm³/mol. The summed E-state index contributed by atoms with van der Waals surface area (Å²) in [5.41, 5.74) is 2.74. The number of aromatic carboxylic acids is 1. The lowest BCUT2D eigenvalue weighted by atomic mass is 10.0. The molecule has 2 aromatic carbocycles. The van der Waals surface area contributed by atoms with Crippen LogP contribution in [0.15, 0.2) is 56.9 Å². The standard InChI is InChI=1S/C18H13BrN4O3S/c1-27-18-21-16(24)14-12-8-11(19)6-7-13(12)20-15(23(14)22-18)9-2-4-10(5-3-9)17(25)26/h2-8,15H,1H3,(H2,21,22,24,25,26)/p+1/t15-/m0/s1. The van der Waals surface area contributed by atoms with Crippen LogP contribution in [0.3, 0.4) is 0 Å². The molecule has 0 saturated carbocycles. The van der Waals surface area contributed by atoms with Crippen molar-refractivity contribution >= 4 is 39.3 Å². The second-order valence-electron chi connectivity index (χ2n) is 5.92. The molecule has 4 rings (SSSR count). The van der Waals surface area contributed by atoms with Crippen molar-refractivity contribution in [1.29, 1.82) is 0 Å². The molecule has 136 valence electrons. The molecule has 1 atom stereocenters. The highest BCUT2D eigenvalue weighted by molar-refractivity contribution is 9.10. The van der Waals surface area contributed by atoms with Gasteiger partial charge in [-0.3, -0.25) is 9.78 Å². The van der Waals surface area contributed by atoms with Gasteiger partial charge in [0.2, 0.25) is 5.16 Å². The zero-order valence-electron chi connectivity index (χ0n) is 14.1. The molecule has 3 aromatic rings. The van der Waals surface area contributed by atoms with Gasteiger partial charge in [0.05, 0.1) is 16.8 Å². The van der Waals surface area contributed by atoms with Crippen LogP contribution in [0.25, 0.3) is 11.3 Å². The van der Waals surface area contributed by atoms with Gasteiger partial charge < -0.3 is 10.4 Å². The number of hydrogen-bond donors (Lipinski definition) is 3. The average Bonchev–Trinajstić information content (AvgIpc) is 2.67. The van der Waals surface area contributed by atoms with Crippen molar-refractivity contribution in [2.24, 2.45) is 0 Å². The van der Waals surface area contributed by atoms with Crippen molar-refractivity contribution < 1.29 is 14.6 Å². The minimum absolute atomic E-state index is 0.202. The molecule has 0 radical (unpaired) electrons. The van der Waals surface area contributed by atoms with Crippen molar-refractivity contribution in [2.45, 2.75) is 11.3 Å². The Morgan fingerprint density at radius 1 is 1.26 bits per heavy atom. The van der Waals surface area contributed by atoms with E-state index in [2.05, 4.69) is 31.3 Å². The van der Waals surface area contributed by atoms with Crippen LogP contribution < -0.4 is 15.6 Å². The molecule has 0 aliphatic carbocycles. The number of aromatic nitrogens is 3. The number of H-pyrrole nitrogens is 1. The maximum absolute atomic E-state index is 12.8. The Labute approximate surface area is 166 Å². The summed E-state index contributed by atoms with van der Waals surface area (Å²) in [6, 6.07) is 12.2. The van der Waals surface area contributed by atoms with E-state index in [1.54, 1.807) is 28.9 Å². The minimum Gasteiger partial charge on any atom is -0.478 e. The zero-order chi connectivity index (χ0) is 19.1. The highest BCUT2D eigenvalue weighted by Gasteiger charge is 2.37. The predicted octanol–water partition coefficient (Wildman–Crippen LogP) is 2.88. The average molecular weight is 446 g/mol. The molecule has 2 heterocycles. The van der Waals surface area contributed by atoms with Gasteiger partial charge in [-0.2, -0.15) is 0 Å². The molecule has 7 nitrogen and oxygen atoms in total. The summed E-state index contributed by atoms with van der Waals surface area (Å²) in [4.78, 5) is 26.7. The van der Waals surface area contributed by atoms with Gasteiger partial charge in [0.25, 0.3) is 6.17 Å². The van der Waals surface area contributed by atoms with Crippen LogP contribution in [0.1, 0.15) is 22.1 Å². The quantitative estimate of drug-likeness (QED) is 0.423. The third-order valence-electron chi connectivity index (χ3n) is 4.30. The number of carboxylic acids is 1. The third kappa shape index (κ3) is 3.13. The SMILES string of the molecule is CSc1n[n+]2c(c(=O)[nH]1)-c1cc(Br)ccc1N[C@@H]2c1ccc(C(=O)O)cc1. The van der Waals surface area contributed by atoms with Crippen molar-refractivity contribution in [3.63, 3.8) is 0 Å². The summed E-state index contributed by atoms with van der Waals surface area (Å²) in [6.45, 7) is 0. The molecular formula is C18H14BrN4O3S+. The lowest BCUT2D eigenvalue weighted by molar-refractivity contribution is -0.759. The number of benzene rings is 2. The van der Waals surface area contributed by atoms with Crippen molar-refractivity contribution in [3.8, 4) is 11.3 Å². The van der Waals surface area contributed by atoms with E-state index in [-0.39, 0.29) is 11.1 Å². The van der Waals surface area contributed by atoms with E-state index in [0.29, 0.717) is 10.9 Å². The van der Waals surface area contributed by atoms with E-state index in [1.165, 1.54) is 11.8 Å². The topological polar surface area (TPSA) is 99.0 Å². The molecule has 3 N–H and O–H groups in total. The number of hydrogen-bond acceptors (Lipinski definition) is 5. The fourth-order valence-electron chi connectivity index (χ4n) is 3.04. The number of fused-ring (bicyclic) bond motifs is 3. The summed E-state index contributed by atoms with van der Waals surface area (Å²) in [5, 5.41) is 17.6. The number of nitrogens with one attached hydrogen (secondary N) is 2. The Morgan fingerprint density at radius 2 is 2.00 bits per heavy atom. The fraction of sp³-hybridized carbons (Fsp3) is 0.111. The lowest BCUT2D eigenvalue weighted by Crippen LogP contribution is -2.55. The maximum Gasteiger partial charge on any atom is 0.335 e. The summed E-state index contributed by atoms with van der Waals surface area (Å²) in [6.07, 6.45) is 1.40. The normalized spacial score (nSPS) is 14.8. The number of thioether (sulfide) groups is 1. The van der Waals surface area contributed by atoms with Gasteiger partial charge in [0, 0.05) is 15.1 Å². The molecule has 0 unspecified atom stereocenters. The number of anilines is 1. The highest BCUT2D eigenvalue weighted by atomic mass is 79.9. The monoisotopic (exact) mass is 445 g/mol. The highest BCUT2D eigenvalue weighted by Crippen LogP contribution is 2.33. The summed E-state index contributed by atoms with van der Waals surface area (Å²) >= 11 is 4.79. The van der Waals surface area contributed by atoms with Crippen LogP contribution in [0, 0.1) is 0 Å². The van der Waals surface area contributed by atoms with E-state index in [4.69, 9.17) is 5.11 Å². The molecule has 0 bridgehead atoms. The van der Waals surface area contributed by atoms with E-state index in [9.17, 15) is 9.59 Å². The molecule has 0 amide bonds. The summed E-state index contributed by atoms with van der Waals surface area (Å²) in [7, 11) is 0. The molecule has 1 aliphatic rings. The Bertz CT molecular complexity index is 1110. The Hall–Kier alpha value is -2.65. The molecule has 27 heavy (non-hydrogen) atoms. The molecule has 1 aromatic heterocycles. The second-order valence-corrected chi connectivity index (χ2v) is 7.63. The number of aromatic amines is 1. The van der Waals surface area contributed by atoms with Crippen LogP contribution >= 0.6 is 27.7 Å². The van der Waals surface area contributed by atoms with Crippen LogP contribution in [-0.2, 0) is 0 Å². The van der Waals surface area contributed by atoms with Crippen LogP contribution in [0.5, 0.6) is 0 Å². The number of carbonyl (C=O) groups is 1. The van der Waals surface area contributed by atoms with Gasteiger partial charge in [-0.05, 0) is 53.4 Å². The first-order valence-electron chi connectivity index (χ1n) is 7.98. The van der Waals surface area contributed by atoms with Crippen LogP contribution in [0.2, 0.25) is 0 Å². The third-order valence-corrected chi connectivity index (χ3v) is 5.37. The van der Waals surface area contributed by atoms with E-state index in [1.807, 2.05) is 24.5 Å². The van der Waals surface area contributed by atoms with E-state index >= 15 is 0 Å². The summed E-state index contributed by atoms with van der Waals surface area (Å²) < 4.78 is 2.50. The van der Waals surface area contributed by atoms with E-state index in [0.717, 1.165) is 21.3 Å². The Morgan fingerprint density at radius 3 is 2.67 bits per heavy atom. The largest absolute Gasteiger partial charge is 0.478 e. The Kier molecular flexibility index (Phi) is 4.48. The number of halogens is 1. The smallest absolute Gasteiger partial charge is 0.335 e. The van der Waals surface area contributed by atoms with E-state index < -0.39 is 12.1 Å². The number of rotatable bonds is 3. The lowest BCUT2D eigenvalue weighted by Gasteiger charge is -2.22. The molecule has 9 heteroatoms. The maximum atomic E-state index is 12.8. The van der Waals surface area contributed by atoms with Gasteiger partial charge in [-0.1, -0.05) is 27.7 Å². The van der Waals surface area contributed by atoms with Crippen LogP contribution in [-0.4, -0.2) is 27.4 Å². The first kappa shape index (κ1) is 17.7. The Balaban J connectivity index is 1.93. The molecular weight excluding hydrogens is 432 g/mol. The van der Waals surface area contributed by atoms with Gasteiger partial charge >= 0.3 is 17.2 Å². The van der Waals surface area contributed by atoms with Gasteiger partial charge in [-0.15, -0.1) is 0 Å². The molecule has 0 fully saturated rings. The number of carboxylic acid groups (broad SMARTS) is 1. The van der Waals surface area contributed by atoms with Crippen molar-refractivity contribution in [1.82, 2.24) is 10.1 Å². The fourth-order valence-corrected chi connectivity index (χ4v) is 3.76. The summed E-state index contributed by atoms with van der Waals surface area (Å²) in [5.74, 6) is -0.986. The van der Waals surface area contributed by atoms with Gasteiger partial charge in [0.15, 0.2) is 0 Å². The zero-order valence-corrected chi connectivity index (χ0v) is 16.5. The van der Waals surface area contributed by atoms with Crippen LogP contribution in [0.4, 0.5) is 5.69 Å². The molecule has 1 aliphatic heterocycles. The molecule has 0 spiro atoms. The minimum atomic E-state index is -0.986. The van der Waals surface area contributed by atoms with Crippen molar-refractivity contribution in [3.05, 3.63) is 68.4 Å². The first-order chi connectivity index (χ1) is 13.0. The molecule has 0 saturated heterocycles. The van der Waals surface area contributed by atoms with Crippen molar-refractivity contribution in [2.75, 3.05) is 11.6 Å². The van der Waals surface area contributed by atoms with Gasteiger partial charge in [-0.25, -0.2) is 4.79 Å². The number of nitrogens with zero attached hydrogens (tertiary/aromatic N) is 2. The van der Waals surface area contributed by atoms with Gasteiger partial charge in [0.1, 0.15) is 0 Å². The second kappa shape index (κ2) is 6.82.